The molecule has 0 aliphatic rings. The van der Waals surface area contributed by atoms with Crippen LogP contribution in [0.15, 0.2) is 28.7 Å². The number of Topliss-reactive ketones (excluding diaryl/α,β-unsaturated/α-hetero) is 1. The lowest BCUT2D eigenvalue weighted by Gasteiger charge is -2.08. The Kier molecular flexibility index (Phi) is 4.99. The van der Waals surface area contributed by atoms with E-state index in [0.717, 1.165) is 16.6 Å². The Morgan fingerprint density at radius 1 is 1.27 bits per heavy atom. The highest BCUT2D eigenvalue weighted by molar-refractivity contribution is 9.10. The standard InChI is InChI=1S/C12H16BrNO/c1-14(2)8-7-12(15)9-10-3-5-11(13)6-4-10/h3-6H,7-9H2,1-2H3. The van der Waals surface area contributed by atoms with E-state index in [1.165, 1.54) is 0 Å². The van der Waals surface area contributed by atoms with Crippen molar-refractivity contribution in [2.24, 2.45) is 0 Å². The summed E-state index contributed by atoms with van der Waals surface area (Å²) in [5.74, 6) is 0.297. The molecule has 0 unspecified atom stereocenters. The minimum absolute atomic E-state index is 0.297. The van der Waals surface area contributed by atoms with Crippen molar-refractivity contribution in [1.82, 2.24) is 4.90 Å². The Bertz CT molecular complexity index is 319. The van der Waals surface area contributed by atoms with E-state index in [1.807, 2.05) is 43.3 Å². The van der Waals surface area contributed by atoms with Crippen molar-refractivity contribution in [1.29, 1.82) is 0 Å². The SMILES string of the molecule is CN(C)CCC(=O)Cc1ccc(Br)cc1. The quantitative estimate of drug-likeness (QED) is 0.819. The smallest absolute Gasteiger partial charge is 0.138 e. The Hall–Kier alpha value is -0.670. The number of ketones is 1. The molecule has 0 saturated heterocycles. The van der Waals surface area contributed by atoms with Gasteiger partial charge in [0, 0.05) is 23.9 Å². The van der Waals surface area contributed by atoms with Gasteiger partial charge in [0.25, 0.3) is 0 Å². The number of halogens is 1. The second-order valence-corrected chi connectivity index (χ2v) is 4.81. The summed E-state index contributed by atoms with van der Waals surface area (Å²) < 4.78 is 1.05. The van der Waals surface area contributed by atoms with E-state index >= 15 is 0 Å². The van der Waals surface area contributed by atoms with E-state index in [2.05, 4.69) is 15.9 Å². The number of carbonyl (C=O) groups excluding carboxylic acids is 1. The summed E-state index contributed by atoms with van der Waals surface area (Å²) in [7, 11) is 3.96. The largest absolute Gasteiger partial charge is 0.309 e. The predicted molar refractivity (Wildman–Crippen MR) is 66.0 cm³/mol. The lowest BCUT2D eigenvalue weighted by molar-refractivity contribution is -0.118. The monoisotopic (exact) mass is 269 g/mol. The average molecular weight is 270 g/mol. The molecule has 0 aliphatic carbocycles. The van der Waals surface area contributed by atoms with Gasteiger partial charge in [-0.3, -0.25) is 4.79 Å². The molecule has 1 rings (SSSR count). The summed E-state index contributed by atoms with van der Waals surface area (Å²) in [5.41, 5.74) is 1.09. The van der Waals surface area contributed by atoms with Gasteiger partial charge in [-0.1, -0.05) is 28.1 Å². The first-order chi connectivity index (χ1) is 7.08. The maximum Gasteiger partial charge on any atom is 0.138 e. The molecule has 0 aliphatic heterocycles. The first kappa shape index (κ1) is 12.4. The van der Waals surface area contributed by atoms with E-state index in [9.17, 15) is 4.79 Å². The molecule has 0 atom stereocenters. The summed E-state index contributed by atoms with van der Waals surface area (Å²) in [6, 6.07) is 7.90. The molecule has 15 heavy (non-hydrogen) atoms. The highest BCUT2D eigenvalue weighted by atomic mass is 79.9. The second-order valence-electron chi connectivity index (χ2n) is 3.90. The van der Waals surface area contributed by atoms with Crippen LogP contribution in [0.4, 0.5) is 0 Å². The zero-order valence-corrected chi connectivity index (χ0v) is 10.8. The number of rotatable bonds is 5. The first-order valence-electron chi connectivity index (χ1n) is 4.99. The van der Waals surface area contributed by atoms with Crippen molar-refractivity contribution >= 4 is 21.7 Å². The zero-order valence-electron chi connectivity index (χ0n) is 9.16. The predicted octanol–water partition coefficient (Wildman–Crippen LogP) is 2.51. The first-order valence-corrected chi connectivity index (χ1v) is 5.78. The van der Waals surface area contributed by atoms with Crippen LogP contribution in [0.3, 0.4) is 0 Å². The number of hydrogen-bond donors (Lipinski definition) is 0. The van der Waals surface area contributed by atoms with Gasteiger partial charge in [-0.25, -0.2) is 0 Å². The van der Waals surface area contributed by atoms with Gasteiger partial charge in [-0.2, -0.15) is 0 Å². The lowest BCUT2D eigenvalue weighted by atomic mass is 10.1. The molecule has 0 fully saturated rings. The molecule has 1 aromatic carbocycles. The van der Waals surface area contributed by atoms with Crippen LogP contribution in [0.25, 0.3) is 0 Å². The van der Waals surface area contributed by atoms with Crippen LogP contribution in [0.1, 0.15) is 12.0 Å². The van der Waals surface area contributed by atoms with Crippen molar-refractivity contribution < 1.29 is 4.79 Å². The van der Waals surface area contributed by atoms with Gasteiger partial charge in [-0.15, -0.1) is 0 Å². The van der Waals surface area contributed by atoms with Gasteiger partial charge in [0.1, 0.15) is 5.78 Å². The number of carbonyl (C=O) groups is 1. The third kappa shape index (κ3) is 5.09. The summed E-state index contributed by atoms with van der Waals surface area (Å²) in [4.78, 5) is 13.6. The molecule has 0 saturated carbocycles. The Morgan fingerprint density at radius 2 is 1.87 bits per heavy atom. The van der Waals surface area contributed by atoms with Gasteiger partial charge < -0.3 is 4.90 Å². The molecule has 2 nitrogen and oxygen atoms in total. The van der Waals surface area contributed by atoms with Gasteiger partial charge in [0.05, 0.1) is 0 Å². The molecule has 82 valence electrons. The Balaban J connectivity index is 2.41. The molecule has 0 N–H and O–H groups in total. The summed E-state index contributed by atoms with van der Waals surface area (Å²) in [6.07, 6.45) is 1.17. The summed E-state index contributed by atoms with van der Waals surface area (Å²) in [6.45, 7) is 0.829. The second kappa shape index (κ2) is 6.03. The van der Waals surface area contributed by atoms with E-state index in [0.29, 0.717) is 18.6 Å². The van der Waals surface area contributed by atoms with Crippen LogP contribution in [0, 0.1) is 0 Å². The minimum atomic E-state index is 0.297. The third-order valence-corrected chi connectivity index (χ3v) is 2.68. The van der Waals surface area contributed by atoms with Crippen LogP contribution in [-0.4, -0.2) is 31.3 Å². The third-order valence-electron chi connectivity index (χ3n) is 2.15. The molecule has 0 bridgehead atoms. The molecule has 0 radical (unpaired) electrons. The molecule has 3 heteroatoms. The van der Waals surface area contributed by atoms with Crippen LogP contribution >= 0.6 is 15.9 Å². The molecule has 0 spiro atoms. The maximum atomic E-state index is 11.6. The van der Waals surface area contributed by atoms with Crippen molar-refractivity contribution in [3.05, 3.63) is 34.3 Å². The van der Waals surface area contributed by atoms with Gasteiger partial charge in [0.2, 0.25) is 0 Å². The number of benzene rings is 1. The van der Waals surface area contributed by atoms with E-state index in [1.54, 1.807) is 0 Å². The fraction of sp³-hybridized carbons (Fsp3) is 0.417. The summed E-state index contributed by atoms with van der Waals surface area (Å²) >= 11 is 3.37. The van der Waals surface area contributed by atoms with Crippen LogP contribution in [0.5, 0.6) is 0 Å². The number of hydrogen-bond acceptors (Lipinski definition) is 2. The van der Waals surface area contributed by atoms with Crippen LogP contribution < -0.4 is 0 Å². The Morgan fingerprint density at radius 3 is 2.40 bits per heavy atom. The van der Waals surface area contributed by atoms with Crippen LogP contribution in [-0.2, 0) is 11.2 Å². The Labute approximate surface area is 99.4 Å². The van der Waals surface area contributed by atoms with Gasteiger partial charge >= 0.3 is 0 Å². The van der Waals surface area contributed by atoms with Gasteiger partial charge in [0.15, 0.2) is 0 Å². The average Bonchev–Trinajstić information content (AvgIpc) is 2.19. The normalized spacial score (nSPS) is 10.7. The molecule has 0 aromatic heterocycles. The maximum absolute atomic E-state index is 11.6. The van der Waals surface area contributed by atoms with E-state index < -0.39 is 0 Å². The fourth-order valence-corrected chi connectivity index (χ4v) is 1.53. The van der Waals surface area contributed by atoms with E-state index in [4.69, 9.17) is 0 Å². The zero-order chi connectivity index (χ0) is 11.3. The van der Waals surface area contributed by atoms with Crippen molar-refractivity contribution in [3.63, 3.8) is 0 Å². The highest BCUT2D eigenvalue weighted by Crippen LogP contribution is 2.11. The number of nitrogens with zero attached hydrogens (tertiary/aromatic N) is 1. The molecule has 0 amide bonds. The van der Waals surface area contributed by atoms with Crippen molar-refractivity contribution in [2.45, 2.75) is 12.8 Å². The van der Waals surface area contributed by atoms with Crippen molar-refractivity contribution in [3.8, 4) is 0 Å². The highest BCUT2D eigenvalue weighted by Gasteiger charge is 2.04. The van der Waals surface area contributed by atoms with Crippen molar-refractivity contribution in [2.75, 3.05) is 20.6 Å². The van der Waals surface area contributed by atoms with Crippen LogP contribution in [0.2, 0.25) is 0 Å². The van der Waals surface area contributed by atoms with E-state index in [-0.39, 0.29) is 0 Å². The molecular formula is C12H16BrNO. The molecule has 1 aromatic rings. The topological polar surface area (TPSA) is 20.3 Å². The fourth-order valence-electron chi connectivity index (χ4n) is 1.27. The molecular weight excluding hydrogens is 254 g/mol. The minimum Gasteiger partial charge on any atom is -0.309 e. The summed E-state index contributed by atoms with van der Waals surface area (Å²) in [5, 5.41) is 0. The molecule has 0 heterocycles. The van der Waals surface area contributed by atoms with Gasteiger partial charge in [-0.05, 0) is 31.8 Å². The lowest BCUT2D eigenvalue weighted by Crippen LogP contribution is -2.17.